The molecule has 0 saturated heterocycles. The summed E-state index contributed by atoms with van der Waals surface area (Å²) in [5, 5.41) is 4.78. The predicted octanol–water partition coefficient (Wildman–Crippen LogP) is 3.38. The molecule has 0 bridgehead atoms. The first-order chi connectivity index (χ1) is 12.6. The highest BCUT2D eigenvalue weighted by Crippen LogP contribution is 2.16. The summed E-state index contributed by atoms with van der Waals surface area (Å²) >= 11 is 0. The molecular weight excluding hydrogens is 333 g/mol. The number of halogens is 1. The van der Waals surface area contributed by atoms with Gasteiger partial charge in [0.15, 0.2) is 6.61 Å². The smallest absolute Gasteiger partial charge is 0.310 e. The lowest BCUT2D eigenvalue weighted by Crippen LogP contribution is -2.28. The molecule has 1 N–H and O–H groups in total. The minimum atomic E-state index is -0.461. The molecular formula is C21H18FNO3. The van der Waals surface area contributed by atoms with Crippen LogP contribution < -0.4 is 5.32 Å². The lowest BCUT2D eigenvalue weighted by Gasteiger charge is -2.07. The van der Waals surface area contributed by atoms with E-state index in [0.29, 0.717) is 0 Å². The molecule has 1 amide bonds. The molecule has 0 heterocycles. The van der Waals surface area contributed by atoms with Gasteiger partial charge in [0.25, 0.3) is 5.91 Å². The number of rotatable bonds is 6. The number of esters is 1. The fraction of sp³-hybridized carbons (Fsp3) is 0.143. The molecule has 0 fully saturated rings. The number of ether oxygens (including phenoxy) is 1. The monoisotopic (exact) mass is 351 g/mol. The van der Waals surface area contributed by atoms with Crippen molar-refractivity contribution in [3.63, 3.8) is 0 Å². The summed E-state index contributed by atoms with van der Waals surface area (Å²) in [6.07, 6.45) is 0.107. The number of benzene rings is 3. The molecule has 0 saturated carbocycles. The molecule has 0 radical (unpaired) electrons. The zero-order valence-electron chi connectivity index (χ0n) is 14.1. The van der Waals surface area contributed by atoms with Gasteiger partial charge in [0, 0.05) is 6.54 Å². The van der Waals surface area contributed by atoms with Crippen molar-refractivity contribution in [2.24, 2.45) is 0 Å². The van der Waals surface area contributed by atoms with E-state index in [9.17, 15) is 14.0 Å². The number of nitrogens with one attached hydrogen (secondary N) is 1. The van der Waals surface area contributed by atoms with Gasteiger partial charge in [-0.2, -0.15) is 0 Å². The van der Waals surface area contributed by atoms with E-state index in [0.717, 1.165) is 21.9 Å². The van der Waals surface area contributed by atoms with Gasteiger partial charge in [-0.1, -0.05) is 54.6 Å². The van der Waals surface area contributed by atoms with Crippen LogP contribution in [0.4, 0.5) is 4.39 Å². The summed E-state index contributed by atoms with van der Waals surface area (Å²) in [6, 6.07) is 19.5. The molecule has 3 aromatic carbocycles. The van der Waals surface area contributed by atoms with E-state index in [1.165, 1.54) is 12.1 Å². The number of fused-ring (bicyclic) bond motifs is 1. The lowest BCUT2D eigenvalue weighted by molar-refractivity contribution is -0.147. The molecule has 3 aromatic rings. The number of hydrogen-bond acceptors (Lipinski definition) is 3. The van der Waals surface area contributed by atoms with Gasteiger partial charge in [-0.05, 0) is 34.0 Å². The Morgan fingerprint density at radius 2 is 1.58 bits per heavy atom. The van der Waals surface area contributed by atoms with Crippen molar-refractivity contribution < 1.29 is 18.7 Å². The molecule has 0 unspecified atom stereocenters. The van der Waals surface area contributed by atoms with Gasteiger partial charge in [0.05, 0.1) is 6.42 Å². The maximum atomic E-state index is 12.8. The number of carbonyl (C=O) groups excluding carboxylic acids is 2. The third kappa shape index (κ3) is 4.89. The summed E-state index contributed by atoms with van der Waals surface area (Å²) in [7, 11) is 0. The highest BCUT2D eigenvalue weighted by molar-refractivity contribution is 5.85. The highest BCUT2D eigenvalue weighted by Gasteiger charge is 2.09. The van der Waals surface area contributed by atoms with Crippen molar-refractivity contribution in [3.8, 4) is 0 Å². The van der Waals surface area contributed by atoms with Crippen LogP contribution in [0.5, 0.6) is 0 Å². The fourth-order valence-electron chi connectivity index (χ4n) is 2.57. The van der Waals surface area contributed by atoms with Crippen molar-refractivity contribution in [2.45, 2.75) is 13.0 Å². The molecule has 0 spiro atoms. The Bertz CT molecular complexity index is 922. The third-order valence-electron chi connectivity index (χ3n) is 3.93. The zero-order chi connectivity index (χ0) is 18.4. The van der Waals surface area contributed by atoms with Crippen LogP contribution in [-0.4, -0.2) is 18.5 Å². The van der Waals surface area contributed by atoms with Gasteiger partial charge in [-0.3, -0.25) is 9.59 Å². The first kappa shape index (κ1) is 17.6. The Labute approximate surface area is 150 Å². The van der Waals surface area contributed by atoms with Crippen molar-refractivity contribution in [1.29, 1.82) is 0 Å². The third-order valence-corrected chi connectivity index (χ3v) is 3.93. The van der Waals surface area contributed by atoms with E-state index in [1.54, 1.807) is 12.1 Å². The molecule has 0 atom stereocenters. The van der Waals surface area contributed by atoms with Gasteiger partial charge < -0.3 is 10.1 Å². The van der Waals surface area contributed by atoms with E-state index < -0.39 is 11.9 Å². The second-order valence-electron chi connectivity index (χ2n) is 5.92. The minimum absolute atomic E-state index is 0.107. The number of hydrogen-bond donors (Lipinski definition) is 1. The second kappa shape index (κ2) is 8.25. The fourth-order valence-corrected chi connectivity index (χ4v) is 2.57. The van der Waals surface area contributed by atoms with Crippen LogP contribution in [0.25, 0.3) is 10.8 Å². The van der Waals surface area contributed by atoms with Crippen molar-refractivity contribution in [2.75, 3.05) is 6.61 Å². The van der Waals surface area contributed by atoms with Crippen LogP contribution in [0.2, 0.25) is 0 Å². The van der Waals surface area contributed by atoms with E-state index in [-0.39, 0.29) is 25.4 Å². The Hall–Kier alpha value is -3.21. The van der Waals surface area contributed by atoms with E-state index in [2.05, 4.69) is 5.32 Å². The molecule has 0 aliphatic carbocycles. The largest absolute Gasteiger partial charge is 0.455 e. The predicted molar refractivity (Wildman–Crippen MR) is 96.9 cm³/mol. The Morgan fingerprint density at radius 3 is 2.35 bits per heavy atom. The summed E-state index contributed by atoms with van der Waals surface area (Å²) < 4.78 is 17.8. The maximum absolute atomic E-state index is 12.8. The second-order valence-corrected chi connectivity index (χ2v) is 5.92. The van der Waals surface area contributed by atoms with Crippen LogP contribution in [0.3, 0.4) is 0 Å². The Balaban J connectivity index is 1.45. The van der Waals surface area contributed by atoms with Crippen molar-refractivity contribution >= 4 is 22.6 Å². The maximum Gasteiger partial charge on any atom is 0.310 e. The molecule has 26 heavy (non-hydrogen) atoms. The van der Waals surface area contributed by atoms with Crippen LogP contribution in [0, 0.1) is 5.82 Å². The van der Waals surface area contributed by atoms with Crippen molar-refractivity contribution in [1.82, 2.24) is 5.32 Å². The summed E-state index contributed by atoms with van der Waals surface area (Å²) in [6.45, 7) is -0.0883. The number of amides is 1. The topological polar surface area (TPSA) is 55.4 Å². The lowest BCUT2D eigenvalue weighted by atomic mass is 10.1. The summed E-state index contributed by atoms with van der Waals surface area (Å²) in [5.74, 6) is -1.19. The van der Waals surface area contributed by atoms with E-state index >= 15 is 0 Å². The normalized spacial score (nSPS) is 10.5. The zero-order valence-corrected chi connectivity index (χ0v) is 14.1. The molecule has 0 aromatic heterocycles. The first-order valence-electron chi connectivity index (χ1n) is 8.24. The van der Waals surface area contributed by atoms with Gasteiger partial charge in [-0.15, -0.1) is 0 Å². The summed E-state index contributed by atoms with van der Waals surface area (Å²) in [5.41, 5.74) is 1.60. The first-order valence-corrected chi connectivity index (χ1v) is 8.24. The molecule has 5 heteroatoms. The average molecular weight is 351 g/mol. The molecule has 132 valence electrons. The summed E-state index contributed by atoms with van der Waals surface area (Å²) in [4.78, 5) is 23.7. The molecule has 0 aliphatic heterocycles. The van der Waals surface area contributed by atoms with Crippen molar-refractivity contribution in [3.05, 3.63) is 83.7 Å². The Kier molecular flexibility index (Phi) is 5.59. The van der Waals surface area contributed by atoms with Gasteiger partial charge in [-0.25, -0.2) is 4.39 Å². The highest BCUT2D eigenvalue weighted by atomic mass is 19.1. The van der Waals surface area contributed by atoms with Crippen LogP contribution in [-0.2, 0) is 27.3 Å². The van der Waals surface area contributed by atoms with Crippen LogP contribution >= 0.6 is 0 Å². The molecule has 4 nitrogen and oxygen atoms in total. The van der Waals surface area contributed by atoms with E-state index in [4.69, 9.17) is 4.74 Å². The SMILES string of the molecule is O=C(COC(=O)Cc1ccc2ccccc2c1)NCc1ccc(F)cc1. The van der Waals surface area contributed by atoms with Crippen LogP contribution in [0.15, 0.2) is 66.7 Å². The Morgan fingerprint density at radius 1 is 0.885 bits per heavy atom. The van der Waals surface area contributed by atoms with Gasteiger partial charge in [0.2, 0.25) is 0 Å². The quantitative estimate of drug-likeness (QED) is 0.693. The minimum Gasteiger partial charge on any atom is -0.455 e. The van der Waals surface area contributed by atoms with Crippen LogP contribution in [0.1, 0.15) is 11.1 Å². The average Bonchev–Trinajstić information content (AvgIpc) is 2.66. The standard InChI is InChI=1S/C21H18FNO3/c22-19-9-6-15(7-10-19)13-23-20(24)14-26-21(25)12-16-5-8-17-3-1-2-4-18(17)11-16/h1-11H,12-14H2,(H,23,24). The van der Waals surface area contributed by atoms with Gasteiger partial charge >= 0.3 is 5.97 Å². The number of carbonyl (C=O) groups is 2. The van der Waals surface area contributed by atoms with E-state index in [1.807, 2.05) is 42.5 Å². The van der Waals surface area contributed by atoms with Gasteiger partial charge in [0.1, 0.15) is 5.82 Å². The molecule has 3 rings (SSSR count). The molecule has 0 aliphatic rings.